The highest BCUT2D eigenvalue weighted by Crippen LogP contribution is 2.28. The molecule has 0 saturated heterocycles. The zero-order valence-corrected chi connectivity index (χ0v) is 19.3. The van der Waals surface area contributed by atoms with Crippen molar-refractivity contribution in [1.29, 1.82) is 0 Å². The molecule has 1 heterocycles. The van der Waals surface area contributed by atoms with E-state index in [0.29, 0.717) is 27.0 Å². The lowest BCUT2D eigenvalue weighted by Crippen LogP contribution is -2.14. The average molecular weight is 477 g/mol. The smallest absolute Gasteiger partial charge is 0.234 e. The van der Waals surface area contributed by atoms with Crippen LogP contribution >= 0.6 is 35.0 Å². The van der Waals surface area contributed by atoms with Crippen LogP contribution in [0.15, 0.2) is 47.6 Å². The Morgan fingerprint density at radius 2 is 1.90 bits per heavy atom. The van der Waals surface area contributed by atoms with Crippen molar-refractivity contribution in [2.45, 2.75) is 36.9 Å². The molecule has 1 N–H and O–H groups in total. The Bertz CT molecular complexity index is 1070. The van der Waals surface area contributed by atoms with Crippen LogP contribution in [-0.4, -0.2) is 32.5 Å². The van der Waals surface area contributed by atoms with Crippen molar-refractivity contribution in [2.24, 2.45) is 7.05 Å². The molecule has 0 unspecified atom stereocenters. The lowest BCUT2D eigenvalue weighted by Gasteiger charge is -2.13. The van der Waals surface area contributed by atoms with Gasteiger partial charge in [0.05, 0.1) is 22.6 Å². The van der Waals surface area contributed by atoms with E-state index in [1.165, 1.54) is 24.6 Å². The maximum absolute atomic E-state index is 12.3. The molecule has 6 nitrogen and oxygen atoms in total. The van der Waals surface area contributed by atoms with Gasteiger partial charge < -0.3 is 14.6 Å². The molecule has 0 radical (unpaired) electrons. The van der Waals surface area contributed by atoms with E-state index >= 15 is 0 Å². The first-order valence-corrected chi connectivity index (χ1v) is 11.8. The van der Waals surface area contributed by atoms with E-state index in [-0.39, 0.29) is 11.7 Å². The van der Waals surface area contributed by atoms with Gasteiger partial charge in [-0.25, -0.2) is 0 Å². The van der Waals surface area contributed by atoms with E-state index < -0.39 is 0 Å². The summed E-state index contributed by atoms with van der Waals surface area (Å²) < 4.78 is 7.89. The predicted octanol–water partition coefficient (Wildman–Crippen LogP) is 5.84. The number of nitrogens with zero attached hydrogens (tertiary/aromatic N) is 3. The number of thioether (sulfide) groups is 1. The molecular formula is C22H22Cl2N4O2S. The number of carbonyl (C=O) groups is 1. The largest absolute Gasteiger partial charge is 0.490 e. The third-order valence-corrected chi connectivity index (χ3v) is 6.67. The van der Waals surface area contributed by atoms with Crippen molar-refractivity contribution in [1.82, 2.24) is 14.8 Å². The highest BCUT2D eigenvalue weighted by molar-refractivity contribution is 7.99. The number of benzene rings is 2. The molecule has 1 aromatic heterocycles. The second-order valence-corrected chi connectivity index (χ2v) is 9.16. The first-order chi connectivity index (χ1) is 15.0. The lowest BCUT2D eigenvalue weighted by molar-refractivity contribution is -0.113. The number of nitrogens with one attached hydrogen (secondary N) is 1. The fraction of sp³-hybridized carbons (Fsp3) is 0.318. The van der Waals surface area contributed by atoms with E-state index in [2.05, 4.69) is 15.5 Å². The number of hydrogen-bond donors (Lipinski definition) is 1. The summed E-state index contributed by atoms with van der Waals surface area (Å²) in [6, 6.07) is 12.8. The summed E-state index contributed by atoms with van der Waals surface area (Å²) in [4.78, 5) is 12.3. The fourth-order valence-electron chi connectivity index (χ4n) is 3.48. The Hall–Kier alpha value is -2.22. The van der Waals surface area contributed by atoms with Crippen molar-refractivity contribution >= 4 is 46.6 Å². The van der Waals surface area contributed by atoms with Gasteiger partial charge in [0.25, 0.3) is 0 Å². The molecule has 0 spiro atoms. The molecule has 1 amide bonds. The van der Waals surface area contributed by atoms with Gasteiger partial charge in [0.15, 0.2) is 11.0 Å². The van der Waals surface area contributed by atoms with Gasteiger partial charge in [0.1, 0.15) is 5.75 Å². The molecule has 1 aliphatic carbocycles. The van der Waals surface area contributed by atoms with Crippen LogP contribution in [0.4, 0.5) is 5.69 Å². The maximum Gasteiger partial charge on any atom is 0.234 e. The van der Waals surface area contributed by atoms with E-state index in [1.54, 1.807) is 18.2 Å². The molecule has 1 aliphatic rings. The molecule has 3 aromatic rings. The van der Waals surface area contributed by atoms with Crippen LogP contribution < -0.4 is 10.1 Å². The number of ether oxygens (including phenoxy) is 1. The monoisotopic (exact) mass is 476 g/mol. The normalized spacial score (nSPS) is 14.0. The Morgan fingerprint density at radius 1 is 1.16 bits per heavy atom. The number of halogens is 2. The Labute approximate surface area is 195 Å². The molecule has 1 saturated carbocycles. The van der Waals surface area contributed by atoms with Gasteiger partial charge >= 0.3 is 0 Å². The highest BCUT2D eigenvalue weighted by Gasteiger charge is 2.17. The third kappa shape index (κ3) is 5.53. The molecule has 1 fully saturated rings. The Kier molecular flexibility index (Phi) is 7.05. The molecule has 9 heteroatoms. The van der Waals surface area contributed by atoms with E-state index in [0.717, 1.165) is 30.0 Å². The minimum atomic E-state index is -0.202. The molecule has 2 aromatic carbocycles. The summed E-state index contributed by atoms with van der Waals surface area (Å²) in [5.74, 6) is 1.58. The SMILES string of the molecule is Cn1c(SCC(=O)Nc2cc(Cl)ccc2Cl)nnc1-c1ccc(OC2CCCC2)cc1. The van der Waals surface area contributed by atoms with Gasteiger partial charge in [0, 0.05) is 17.6 Å². The molecule has 4 rings (SSSR count). The number of hydrogen-bond acceptors (Lipinski definition) is 5. The van der Waals surface area contributed by atoms with Crippen LogP contribution in [0.2, 0.25) is 10.0 Å². The summed E-state index contributed by atoms with van der Waals surface area (Å²) in [6.07, 6.45) is 5.07. The molecule has 0 aliphatic heterocycles. The summed E-state index contributed by atoms with van der Waals surface area (Å²) in [7, 11) is 1.88. The van der Waals surface area contributed by atoms with Gasteiger partial charge in [-0.15, -0.1) is 10.2 Å². The van der Waals surface area contributed by atoms with Crippen molar-refractivity contribution in [3.63, 3.8) is 0 Å². The second-order valence-electron chi connectivity index (χ2n) is 7.37. The van der Waals surface area contributed by atoms with Crippen LogP contribution in [0.25, 0.3) is 11.4 Å². The Balaban J connectivity index is 1.36. The summed E-state index contributed by atoms with van der Waals surface area (Å²) in [5.41, 5.74) is 1.43. The van der Waals surface area contributed by atoms with Gasteiger partial charge in [-0.05, 0) is 68.1 Å². The fourth-order valence-corrected chi connectivity index (χ4v) is 4.53. The van der Waals surface area contributed by atoms with Crippen molar-refractivity contribution in [2.75, 3.05) is 11.1 Å². The molecule has 31 heavy (non-hydrogen) atoms. The number of rotatable bonds is 7. The molecular weight excluding hydrogens is 455 g/mol. The first kappa shape index (κ1) is 22.0. The average Bonchev–Trinajstić information content (AvgIpc) is 3.40. The van der Waals surface area contributed by atoms with Crippen LogP contribution in [0.5, 0.6) is 5.75 Å². The van der Waals surface area contributed by atoms with Crippen molar-refractivity contribution < 1.29 is 9.53 Å². The van der Waals surface area contributed by atoms with Crippen LogP contribution in [0, 0.1) is 0 Å². The molecule has 0 bridgehead atoms. The van der Waals surface area contributed by atoms with E-state index in [1.807, 2.05) is 35.9 Å². The quantitative estimate of drug-likeness (QED) is 0.433. The van der Waals surface area contributed by atoms with Gasteiger partial charge in [-0.3, -0.25) is 4.79 Å². The highest BCUT2D eigenvalue weighted by atomic mass is 35.5. The first-order valence-electron chi connectivity index (χ1n) is 10.0. The molecule has 162 valence electrons. The van der Waals surface area contributed by atoms with Gasteiger partial charge in [0.2, 0.25) is 5.91 Å². The van der Waals surface area contributed by atoms with Crippen molar-refractivity contribution in [3.05, 3.63) is 52.5 Å². The minimum Gasteiger partial charge on any atom is -0.490 e. The summed E-state index contributed by atoms with van der Waals surface area (Å²) >= 11 is 13.4. The van der Waals surface area contributed by atoms with Gasteiger partial charge in [-0.2, -0.15) is 0 Å². The number of amides is 1. The van der Waals surface area contributed by atoms with Crippen LogP contribution in [0.1, 0.15) is 25.7 Å². The zero-order chi connectivity index (χ0) is 21.8. The zero-order valence-electron chi connectivity index (χ0n) is 17.0. The number of anilines is 1. The van der Waals surface area contributed by atoms with E-state index in [9.17, 15) is 4.79 Å². The van der Waals surface area contributed by atoms with Crippen LogP contribution in [0.3, 0.4) is 0 Å². The lowest BCUT2D eigenvalue weighted by atomic mass is 10.2. The van der Waals surface area contributed by atoms with Crippen molar-refractivity contribution in [3.8, 4) is 17.1 Å². The predicted molar refractivity (Wildman–Crippen MR) is 125 cm³/mol. The second kappa shape index (κ2) is 9.94. The van der Waals surface area contributed by atoms with Crippen LogP contribution in [-0.2, 0) is 11.8 Å². The van der Waals surface area contributed by atoms with E-state index in [4.69, 9.17) is 27.9 Å². The topological polar surface area (TPSA) is 69.0 Å². The number of carbonyl (C=O) groups excluding carboxylic acids is 1. The number of aromatic nitrogens is 3. The standard InChI is InChI=1S/C22H22Cl2N4O2S/c1-28-21(14-6-9-17(10-7-14)30-16-4-2-3-5-16)26-27-22(28)31-13-20(29)25-19-12-15(23)8-11-18(19)24/h6-12,16H,2-5,13H2,1H3,(H,25,29). The molecule has 0 atom stereocenters. The Morgan fingerprint density at radius 3 is 2.65 bits per heavy atom. The summed E-state index contributed by atoms with van der Waals surface area (Å²) in [6.45, 7) is 0. The minimum absolute atomic E-state index is 0.170. The third-order valence-electron chi connectivity index (χ3n) is 5.09. The summed E-state index contributed by atoms with van der Waals surface area (Å²) in [5, 5.41) is 12.9. The maximum atomic E-state index is 12.3. The van der Waals surface area contributed by atoms with Gasteiger partial charge in [-0.1, -0.05) is 35.0 Å².